The lowest BCUT2D eigenvalue weighted by Gasteiger charge is -2.13. The Hall–Kier alpha value is -4.13. The smallest absolute Gasteiger partial charge is 0.324 e. The molecule has 0 spiro atoms. The number of alkyl halides is 6. The first-order valence-corrected chi connectivity index (χ1v) is 10.9. The Kier molecular flexibility index (Phi) is 6.02. The van der Waals surface area contributed by atoms with Gasteiger partial charge in [-0.15, -0.1) is 0 Å². The summed E-state index contributed by atoms with van der Waals surface area (Å²) >= 11 is 0. The fraction of sp³-hybridized carbons (Fsp3) is 0.208. The number of anilines is 2. The van der Waals surface area contributed by atoms with Crippen molar-refractivity contribution in [2.45, 2.75) is 25.4 Å². The van der Waals surface area contributed by atoms with Gasteiger partial charge in [0.15, 0.2) is 11.6 Å². The molecule has 1 aliphatic rings. The fourth-order valence-electron chi connectivity index (χ4n) is 3.97. The van der Waals surface area contributed by atoms with Gasteiger partial charge in [0.2, 0.25) is 5.95 Å². The second-order valence-electron chi connectivity index (χ2n) is 8.38. The van der Waals surface area contributed by atoms with Crippen molar-refractivity contribution in [3.8, 4) is 22.9 Å². The van der Waals surface area contributed by atoms with E-state index in [-0.39, 0.29) is 29.0 Å². The standard InChI is InChI=1S/C24H17F6N7/c1-37-11-13-4-2-5-15(16(13)12-37)20-34-21(17-6-3-7-18(33-17)23(25,26)27)36-22(35-20)32-14-8-9-31-19(10-14)24(28,29)30/h2-10H,11-12H2,1H3,(H,31,32,34,35,36). The summed E-state index contributed by atoms with van der Waals surface area (Å²) < 4.78 is 79.3. The Morgan fingerprint density at radius 1 is 0.784 bits per heavy atom. The van der Waals surface area contributed by atoms with Crippen LogP contribution in [0.2, 0.25) is 0 Å². The predicted molar refractivity (Wildman–Crippen MR) is 121 cm³/mol. The molecule has 0 saturated carbocycles. The highest BCUT2D eigenvalue weighted by atomic mass is 19.4. The Labute approximate surface area is 206 Å². The van der Waals surface area contributed by atoms with Gasteiger partial charge in [-0.1, -0.05) is 24.3 Å². The molecule has 0 unspecified atom stereocenters. The third kappa shape index (κ3) is 5.21. The lowest BCUT2D eigenvalue weighted by molar-refractivity contribution is -0.141. The highest BCUT2D eigenvalue weighted by Crippen LogP contribution is 2.34. The molecule has 1 N–H and O–H groups in total. The van der Waals surface area contributed by atoms with Gasteiger partial charge in [0.1, 0.15) is 17.1 Å². The van der Waals surface area contributed by atoms with E-state index in [4.69, 9.17) is 0 Å². The van der Waals surface area contributed by atoms with Gasteiger partial charge in [-0.25, -0.2) is 9.97 Å². The molecule has 0 aliphatic carbocycles. The summed E-state index contributed by atoms with van der Waals surface area (Å²) in [4.78, 5) is 22.0. The lowest BCUT2D eigenvalue weighted by Crippen LogP contribution is -2.11. The van der Waals surface area contributed by atoms with Crippen molar-refractivity contribution in [2.24, 2.45) is 0 Å². The summed E-state index contributed by atoms with van der Waals surface area (Å²) in [6, 6.07) is 10.9. The molecule has 4 heterocycles. The number of rotatable bonds is 4. The zero-order chi connectivity index (χ0) is 26.4. The summed E-state index contributed by atoms with van der Waals surface area (Å²) in [5.74, 6) is -0.195. The summed E-state index contributed by atoms with van der Waals surface area (Å²) in [6.45, 7) is 1.29. The van der Waals surface area contributed by atoms with Crippen LogP contribution in [0.4, 0.5) is 38.0 Å². The normalized spacial score (nSPS) is 14.0. The molecule has 0 amide bonds. The molecule has 4 aromatic rings. The molecule has 5 rings (SSSR count). The molecule has 0 atom stereocenters. The van der Waals surface area contributed by atoms with Crippen LogP contribution in [0.25, 0.3) is 22.9 Å². The van der Waals surface area contributed by atoms with Gasteiger partial charge in [-0.05, 0) is 42.4 Å². The van der Waals surface area contributed by atoms with Gasteiger partial charge in [-0.3, -0.25) is 9.88 Å². The van der Waals surface area contributed by atoms with Crippen molar-refractivity contribution in [3.05, 3.63) is 77.2 Å². The van der Waals surface area contributed by atoms with Gasteiger partial charge in [-0.2, -0.15) is 36.3 Å². The molecule has 7 nitrogen and oxygen atoms in total. The highest BCUT2D eigenvalue weighted by Gasteiger charge is 2.33. The number of hydrogen-bond donors (Lipinski definition) is 1. The number of benzene rings is 1. The minimum atomic E-state index is -4.69. The van der Waals surface area contributed by atoms with Crippen LogP contribution in [0.1, 0.15) is 22.5 Å². The number of aromatic nitrogens is 5. The van der Waals surface area contributed by atoms with Crippen molar-refractivity contribution in [1.82, 2.24) is 29.8 Å². The minimum absolute atomic E-state index is 0.0135. The molecule has 37 heavy (non-hydrogen) atoms. The molecule has 0 fully saturated rings. The van der Waals surface area contributed by atoms with Crippen molar-refractivity contribution in [1.29, 1.82) is 0 Å². The van der Waals surface area contributed by atoms with Crippen molar-refractivity contribution >= 4 is 11.6 Å². The molecule has 1 aliphatic heterocycles. The van der Waals surface area contributed by atoms with E-state index in [1.54, 1.807) is 6.07 Å². The van der Waals surface area contributed by atoms with E-state index in [0.29, 0.717) is 18.7 Å². The van der Waals surface area contributed by atoms with Crippen LogP contribution in [0.15, 0.2) is 54.7 Å². The van der Waals surface area contributed by atoms with Gasteiger partial charge in [0, 0.05) is 30.5 Å². The Bertz CT molecular complexity index is 1470. The molecular weight excluding hydrogens is 500 g/mol. The Morgan fingerprint density at radius 2 is 1.51 bits per heavy atom. The molecule has 0 bridgehead atoms. The number of pyridine rings is 2. The predicted octanol–water partition coefficient (Wildman–Crippen LogP) is 5.72. The SMILES string of the molecule is CN1Cc2cccc(-c3nc(Nc4ccnc(C(F)(F)F)c4)nc(-c4cccc(C(F)(F)F)n4)n3)c2C1. The summed E-state index contributed by atoms with van der Waals surface area (Å²) in [7, 11) is 1.93. The van der Waals surface area contributed by atoms with E-state index in [9.17, 15) is 26.3 Å². The van der Waals surface area contributed by atoms with Crippen LogP contribution in [0, 0.1) is 0 Å². The van der Waals surface area contributed by atoms with Crippen LogP contribution in [-0.2, 0) is 25.4 Å². The first-order chi connectivity index (χ1) is 17.5. The van der Waals surface area contributed by atoms with Gasteiger partial charge in [0.25, 0.3) is 0 Å². The van der Waals surface area contributed by atoms with E-state index < -0.39 is 23.7 Å². The first kappa shape index (κ1) is 24.6. The number of halogens is 6. The van der Waals surface area contributed by atoms with Crippen molar-refractivity contribution in [2.75, 3.05) is 12.4 Å². The minimum Gasteiger partial charge on any atom is -0.324 e. The van der Waals surface area contributed by atoms with E-state index in [0.717, 1.165) is 29.5 Å². The second-order valence-corrected chi connectivity index (χ2v) is 8.38. The fourth-order valence-corrected chi connectivity index (χ4v) is 3.97. The van der Waals surface area contributed by atoms with Gasteiger partial charge < -0.3 is 5.32 Å². The monoisotopic (exact) mass is 517 g/mol. The van der Waals surface area contributed by atoms with Crippen molar-refractivity contribution in [3.63, 3.8) is 0 Å². The average molecular weight is 517 g/mol. The molecule has 0 radical (unpaired) electrons. The summed E-state index contributed by atoms with van der Waals surface area (Å²) in [5, 5.41) is 2.70. The molecule has 3 aromatic heterocycles. The first-order valence-electron chi connectivity index (χ1n) is 10.9. The summed E-state index contributed by atoms with van der Waals surface area (Å²) in [5.41, 5.74) is 0.165. The van der Waals surface area contributed by atoms with E-state index >= 15 is 0 Å². The third-order valence-corrected chi connectivity index (χ3v) is 5.59. The van der Waals surface area contributed by atoms with E-state index in [1.165, 1.54) is 18.2 Å². The quantitative estimate of drug-likeness (QED) is 0.347. The van der Waals surface area contributed by atoms with E-state index in [2.05, 4.69) is 35.1 Å². The zero-order valence-corrected chi connectivity index (χ0v) is 19.1. The number of nitrogens with one attached hydrogen (secondary N) is 1. The zero-order valence-electron chi connectivity index (χ0n) is 19.1. The van der Waals surface area contributed by atoms with Crippen LogP contribution < -0.4 is 5.32 Å². The summed E-state index contributed by atoms with van der Waals surface area (Å²) in [6.07, 6.45) is -8.39. The highest BCUT2D eigenvalue weighted by molar-refractivity contribution is 5.67. The van der Waals surface area contributed by atoms with Crippen molar-refractivity contribution < 1.29 is 26.3 Å². The van der Waals surface area contributed by atoms with Gasteiger partial charge >= 0.3 is 12.4 Å². The topological polar surface area (TPSA) is 79.7 Å². The number of hydrogen-bond acceptors (Lipinski definition) is 7. The maximum Gasteiger partial charge on any atom is 0.433 e. The number of nitrogens with zero attached hydrogens (tertiary/aromatic N) is 6. The average Bonchev–Trinajstić information content (AvgIpc) is 3.23. The molecule has 190 valence electrons. The van der Waals surface area contributed by atoms with Crippen LogP contribution in [0.3, 0.4) is 0 Å². The molecular formula is C24H17F6N7. The Morgan fingerprint density at radius 3 is 2.27 bits per heavy atom. The maximum atomic E-state index is 13.3. The number of fused-ring (bicyclic) bond motifs is 1. The molecule has 13 heteroatoms. The molecule has 0 saturated heterocycles. The van der Waals surface area contributed by atoms with Gasteiger partial charge in [0.05, 0.1) is 0 Å². The molecule has 1 aromatic carbocycles. The van der Waals surface area contributed by atoms with Crippen LogP contribution in [0.5, 0.6) is 0 Å². The second kappa shape index (κ2) is 9.07. The maximum absolute atomic E-state index is 13.3. The Balaban J connectivity index is 1.63. The van der Waals surface area contributed by atoms with E-state index in [1.807, 2.05) is 19.2 Å². The van der Waals surface area contributed by atoms with Crippen LogP contribution >= 0.6 is 0 Å². The van der Waals surface area contributed by atoms with Crippen LogP contribution in [-0.4, -0.2) is 36.9 Å². The largest absolute Gasteiger partial charge is 0.433 e. The third-order valence-electron chi connectivity index (χ3n) is 5.59. The lowest BCUT2D eigenvalue weighted by atomic mass is 10.0.